The predicted octanol–water partition coefficient (Wildman–Crippen LogP) is 7.62. The van der Waals surface area contributed by atoms with Crippen molar-refractivity contribution in [3.05, 3.63) is 72.3 Å². The van der Waals surface area contributed by atoms with E-state index in [1.807, 2.05) is 18.2 Å². The van der Waals surface area contributed by atoms with Gasteiger partial charge in [-0.3, -0.25) is 0 Å². The normalized spacial score (nSPS) is 19.4. The molecular weight excluding hydrogens is 368 g/mol. The first kappa shape index (κ1) is 20.8. The maximum Gasteiger partial charge on any atom is 0.127 e. The molecule has 2 fully saturated rings. The maximum atomic E-state index is 6.63. The van der Waals surface area contributed by atoms with E-state index >= 15 is 0 Å². The van der Waals surface area contributed by atoms with Crippen molar-refractivity contribution in [2.75, 3.05) is 0 Å². The Morgan fingerprint density at radius 3 is 2.30 bits per heavy atom. The predicted molar refractivity (Wildman–Crippen MR) is 126 cm³/mol. The second-order valence-corrected chi connectivity index (χ2v) is 9.28. The molecule has 0 radical (unpaired) electrons. The molecule has 2 aliphatic rings. The van der Waals surface area contributed by atoms with E-state index < -0.39 is 0 Å². The van der Waals surface area contributed by atoms with E-state index in [9.17, 15) is 0 Å². The van der Waals surface area contributed by atoms with Gasteiger partial charge in [-0.25, -0.2) is 0 Å². The van der Waals surface area contributed by atoms with Crippen LogP contribution in [0.3, 0.4) is 0 Å². The minimum absolute atomic E-state index is 0.0365. The highest BCUT2D eigenvalue weighted by Gasteiger charge is 2.37. The van der Waals surface area contributed by atoms with Crippen LogP contribution in [-0.4, -0.2) is 11.2 Å². The van der Waals surface area contributed by atoms with Gasteiger partial charge in [0.15, 0.2) is 0 Å². The standard InChI is InChI=1S/C28H34O2/c1-4-22-11-10-12-25(20-22)29-28(17-8-9-18-28)21-23-13-14-26(24(5-2)19-23)30-27(3)15-6-7-16-27/h4-5,10-14,19-20H,1-2,6-9,15-18,21H2,3H3. The van der Waals surface area contributed by atoms with Crippen LogP contribution in [-0.2, 0) is 6.42 Å². The van der Waals surface area contributed by atoms with Crippen molar-refractivity contribution in [2.24, 2.45) is 0 Å². The van der Waals surface area contributed by atoms with Gasteiger partial charge in [-0.2, -0.15) is 0 Å². The third-order valence-corrected chi connectivity index (χ3v) is 6.78. The molecule has 0 bridgehead atoms. The highest BCUT2D eigenvalue weighted by molar-refractivity contribution is 5.57. The summed E-state index contributed by atoms with van der Waals surface area (Å²) in [5.74, 6) is 1.89. The van der Waals surface area contributed by atoms with Crippen molar-refractivity contribution in [3.8, 4) is 11.5 Å². The first-order valence-electron chi connectivity index (χ1n) is 11.4. The summed E-state index contributed by atoms with van der Waals surface area (Å²) in [6.45, 7) is 10.2. The van der Waals surface area contributed by atoms with E-state index in [1.54, 1.807) is 0 Å². The van der Waals surface area contributed by atoms with E-state index in [2.05, 4.69) is 56.5 Å². The zero-order chi connectivity index (χ0) is 21.0. The van der Waals surface area contributed by atoms with Crippen LogP contribution in [0.4, 0.5) is 0 Å². The second kappa shape index (κ2) is 8.71. The number of hydrogen-bond donors (Lipinski definition) is 0. The smallest absolute Gasteiger partial charge is 0.127 e. The Hall–Kier alpha value is -2.48. The molecule has 2 aromatic rings. The monoisotopic (exact) mass is 402 g/mol. The fraction of sp³-hybridized carbons (Fsp3) is 0.429. The fourth-order valence-electron chi connectivity index (χ4n) is 5.11. The molecule has 2 saturated carbocycles. The second-order valence-electron chi connectivity index (χ2n) is 9.28. The van der Waals surface area contributed by atoms with Crippen molar-refractivity contribution < 1.29 is 9.47 Å². The molecule has 2 nitrogen and oxygen atoms in total. The minimum atomic E-state index is -0.141. The van der Waals surface area contributed by atoms with Crippen molar-refractivity contribution >= 4 is 12.2 Å². The largest absolute Gasteiger partial charge is 0.487 e. The Balaban J connectivity index is 1.54. The van der Waals surface area contributed by atoms with Gasteiger partial charge in [0.2, 0.25) is 0 Å². The molecule has 0 unspecified atom stereocenters. The highest BCUT2D eigenvalue weighted by Crippen LogP contribution is 2.39. The molecule has 0 aliphatic heterocycles. The van der Waals surface area contributed by atoms with Crippen LogP contribution in [0.15, 0.2) is 55.6 Å². The lowest BCUT2D eigenvalue weighted by Gasteiger charge is -2.31. The van der Waals surface area contributed by atoms with Crippen LogP contribution in [0.5, 0.6) is 11.5 Å². The number of ether oxygens (including phenoxy) is 2. The third kappa shape index (κ3) is 4.64. The molecule has 0 heterocycles. The summed E-state index contributed by atoms with van der Waals surface area (Å²) in [6.07, 6.45) is 14.1. The average Bonchev–Trinajstić information content (AvgIpc) is 3.38. The van der Waals surface area contributed by atoms with E-state index in [-0.39, 0.29) is 11.2 Å². The first-order valence-corrected chi connectivity index (χ1v) is 11.4. The molecule has 2 aliphatic carbocycles. The molecule has 0 N–H and O–H groups in total. The topological polar surface area (TPSA) is 18.5 Å². The Morgan fingerprint density at radius 2 is 1.60 bits per heavy atom. The lowest BCUT2D eigenvalue weighted by atomic mass is 9.91. The number of rotatable bonds is 8. The molecule has 0 spiro atoms. The summed E-state index contributed by atoms with van der Waals surface area (Å²) in [6, 6.07) is 14.8. The fourth-order valence-corrected chi connectivity index (χ4v) is 5.11. The van der Waals surface area contributed by atoms with Gasteiger partial charge >= 0.3 is 0 Å². The number of hydrogen-bond acceptors (Lipinski definition) is 2. The Morgan fingerprint density at radius 1 is 0.867 bits per heavy atom. The lowest BCUT2D eigenvalue weighted by molar-refractivity contribution is 0.0762. The van der Waals surface area contributed by atoms with Crippen LogP contribution in [0.25, 0.3) is 12.2 Å². The summed E-state index contributed by atoms with van der Waals surface area (Å²) >= 11 is 0. The SMILES string of the molecule is C=Cc1cccc(OC2(Cc3ccc(OC4(C)CCCC4)c(C=C)c3)CCCC2)c1. The summed E-state index contributed by atoms with van der Waals surface area (Å²) in [7, 11) is 0. The Labute approximate surface area is 181 Å². The third-order valence-electron chi connectivity index (χ3n) is 6.78. The van der Waals surface area contributed by atoms with Gasteiger partial charge < -0.3 is 9.47 Å². The zero-order valence-electron chi connectivity index (χ0n) is 18.3. The van der Waals surface area contributed by atoms with Crippen molar-refractivity contribution in [1.29, 1.82) is 0 Å². The minimum Gasteiger partial charge on any atom is -0.487 e. The lowest BCUT2D eigenvalue weighted by Crippen LogP contribution is -2.35. The average molecular weight is 403 g/mol. The quantitative estimate of drug-likeness (QED) is 0.452. The van der Waals surface area contributed by atoms with Crippen LogP contribution in [0.2, 0.25) is 0 Å². The molecular formula is C28H34O2. The molecule has 158 valence electrons. The van der Waals surface area contributed by atoms with Crippen LogP contribution in [0, 0.1) is 0 Å². The summed E-state index contributed by atoms with van der Waals surface area (Å²) in [4.78, 5) is 0. The van der Waals surface area contributed by atoms with Crippen LogP contribution >= 0.6 is 0 Å². The molecule has 0 saturated heterocycles. The molecule has 0 aromatic heterocycles. The maximum absolute atomic E-state index is 6.63. The van der Waals surface area contributed by atoms with E-state index in [1.165, 1.54) is 31.2 Å². The first-order chi connectivity index (χ1) is 14.5. The highest BCUT2D eigenvalue weighted by atomic mass is 16.5. The van der Waals surface area contributed by atoms with E-state index in [0.29, 0.717) is 0 Å². The Kier molecular flexibility index (Phi) is 6.04. The molecule has 0 atom stereocenters. The molecule has 30 heavy (non-hydrogen) atoms. The Bertz CT molecular complexity index is 899. The van der Waals surface area contributed by atoms with Gasteiger partial charge in [-0.05, 0) is 93.7 Å². The van der Waals surface area contributed by atoms with E-state index in [0.717, 1.165) is 54.7 Å². The van der Waals surface area contributed by atoms with E-state index in [4.69, 9.17) is 9.47 Å². The van der Waals surface area contributed by atoms with Gasteiger partial charge in [0.25, 0.3) is 0 Å². The van der Waals surface area contributed by atoms with Crippen molar-refractivity contribution in [3.63, 3.8) is 0 Å². The summed E-state index contributed by atoms with van der Waals surface area (Å²) in [5.41, 5.74) is 3.29. The van der Waals surface area contributed by atoms with Gasteiger partial charge in [-0.15, -0.1) is 0 Å². The summed E-state index contributed by atoms with van der Waals surface area (Å²) in [5, 5.41) is 0. The zero-order valence-corrected chi connectivity index (χ0v) is 18.3. The van der Waals surface area contributed by atoms with Gasteiger partial charge in [0.1, 0.15) is 22.7 Å². The van der Waals surface area contributed by atoms with Crippen molar-refractivity contribution in [1.82, 2.24) is 0 Å². The summed E-state index contributed by atoms with van der Waals surface area (Å²) < 4.78 is 13.1. The van der Waals surface area contributed by atoms with Crippen molar-refractivity contribution in [2.45, 2.75) is 75.9 Å². The van der Waals surface area contributed by atoms with Gasteiger partial charge in [-0.1, -0.05) is 43.5 Å². The molecule has 0 amide bonds. The van der Waals surface area contributed by atoms with Crippen LogP contribution in [0.1, 0.15) is 75.0 Å². The molecule has 2 aromatic carbocycles. The van der Waals surface area contributed by atoms with Crippen LogP contribution < -0.4 is 9.47 Å². The molecule has 4 rings (SSSR count). The van der Waals surface area contributed by atoms with Gasteiger partial charge in [0, 0.05) is 12.0 Å². The molecule has 2 heteroatoms. The van der Waals surface area contributed by atoms with Gasteiger partial charge in [0.05, 0.1) is 0 Å². The number of benzene rings is 2.